The van der Waals surface area contributed by atoms with Gasteiger partial charge in [0, 0.05) is 47.5 Å². The van der Waals surface area contributed by atoms with E-state index < -0.39 is 0 Å². The number of hydrogen-bond donors (Lipinski definition) is 4. The molecule has 4 nitrogen and oxygen atoms in total. The van der Waals surface area contributed by atoms with Gasteiger partial charge in [-0.25, -0.2) is 0 Å². The SMILES string of the molecule is CCCCO.CCCCO.CCCCO.CCCCO.[W]. The number of aliphatic hydroxyl groups excluding tert-OH is 4. The van der Waals surface area contributed by atoms with Crippen LogP contribution in [0.4, 0.5) is 0 Å². The van der Waals surface area contributed by atoms with E-state index >= 15 is 0 Å². The minimum Gasteiger partial charge on any atom is -0.396 e. The van der Waals surface area contributed by atoms with E-state index in [2.05, 4.69) is 27.7 Å². The Hall–Kier alpha value is 0.528. The van der Waals surface area contributed by atoms with Gasteiger partial charge in [-0.3, -0.25) is 0 Å². The van der Waals surface area contributed by atoms with Crippen molar-refractivity contribution in [3.63, 3.8) is 0 Å². The van der Waals surface area contributed by atoms with Crippen molar-refractivity contribution in [1.29, 1.82) is 0 Å². The second-order valence-electron chi connectivity index (χ2n) is 4.31. The fraction of sp³-hybridized carbons (Fsp3) is 1.00. The van der Waals surface area contributed by atoms with Crippen molar-refractivity contribution in [3.05, 3.63) is 0 Å². The summed E-state index contributed by atoms with van der Waals surface area (Å²) in [6.45, 7) is 9.58. The van der Waals surface area contributed by atoms with Crippen LogP contribution in [0.3, 0.4) is 0 Å². The first-order chi connectivity index (χ1) is 9.66. The van der Waals surface area contributed by atoms with E-state index in [1.165, 1.54) is 0 Å². The molecule has 0 amide bonds. The third-order valence-corrected chi connectivity index (χ3v) is 2.05. The summed E-state index contributed by atoms with van der Waals surface area (Å²) in [5.41, 5.74) is 0. The maximum Gasteiger partial charge on any atom is 0.0430 e. The molecule has 134 valence electrons. The van der Waals surface area contributed by atoms with Crippen LogP contribution in [0.5, 0.6) is 0 Å². The van der Waals surface area contributed by atoms with Gasteiger partial charge in [-0.05, 0) is 25.7 Å². The molecule has 0 saturated heterocycles. The Bertz CT molecular complexity index is 74.3. The third-order valence-electron chi connectivity index (χ3n) is 2.05. The molecule has 0 aliphatic rings. The van der Waals surface area contributed by atoms with E-state index in [9.17, 15) is 0 Å². The quantitative estimate of drug-likeness (QED) is 0.431. The van der Waals surface area contributed by atoms with Gasteiger partial charge in [0.05, 0.1) is 0 Å². The van der Waals surface area contributed by atoms with E-state index in [4.69, 9.17) is 20.4 Å². The topological polar surface area (TPSA) is 80.9 Å². The van der Waals surface area contributed by atoms with Gasteiger partial charge in [-0.15, -0.1) is 0 Å². The molecule has 0 aromatic rings. The first-order valence-corrected chi connectivity index (χ1v) is 8.09. The van der Waals surface area contributed by atoms with Gasteiger partial charge in [-0.1, -0.05) is 53.4 Å². The molecule has 21 heavy (non-hydrogen) atoms. The van der Waals surface area contributed by atoms with Crippen LogP contribution in [-0.2, 0) is 21.1 Å². The fourth-order valence-corrected chi connectivity index (χ4v) is 0.632. The number of rotatable bonds is 8. The molecule has 0 aromatic heterocycles. The predicted octanol–water partition coefficient (Wildman–Crippen LogP) is 3.11. The molecule has 0 bridgehead atoms. The van der Waals surface area contributed by atoms with Crippen LogP contribution in [0.1, 0.15) is 79.1 Å². The molecule has 0 atom stereocenters. The van der Waals surface area contributed by atoms with Crippen LogP contribution in [0.15, 0.2) is 0 Å². The van der Waals surface area contributed by atoms with Crippen LogP contribution in [-0.4, -0.2) is 46.9 Å². The van der Waals surface area contributed by atoms with E-state index in [-0.39, 0.29) is 21.1 Å². The maximum atomic E-state index is 8.07. The Kier molecular flexibility index (Phi) is 78.9. The summed E-state index contributed by atoms with van der Waals surface area (Å²) in [4.78, 5) is 0. The van der Waals surface area contributed by atoms with Gasteiger partial charge < -0.3 is 20.4 Å². The number of hydrogen-bond acceptors (Lipinski definition) is 4. The van der Waals surface area contributed by atoms with Gasteiger partial charge in [0.25, 0.3) is 0 Å². The molecule has 0 aromatic carbocycles. The monoisotopic (exact) mass is 480 g/mol. The zero-order valence-electron chi connectivity index (χ0n) is 14.7. The summed E-state index contributed by atoms with van der Waals surface area (Å²) in [5, 5.41) is 32.3. The van der Waals surface area contributed by atoms with Gasteiger partial charge in [0.1, 0.15) is 0 Å². The van der Waals surface area contributed by atoms with Crippen molar-refractivity contribution in [2.24, 2.45) is 0 Å². The van der Waals surface area contributed by atoms with Crippen molar-refractivity contribution in [2.45, 2.75) is 79.1 Å². The largest absolute Gasteiger partial charge is 0.396 e. The normalized spacial score (nSPS) is 8.00. The molecule has 0 unspecified atom stereocenters. The standard InChI is InChI=1S/4C4H10O.W/c4*1-2-3-4-5;/h4*5H,2-4H2,1H3;. The van der Waals surface area contributed by atoms with E-state index in [1.54, 1.807) is 0 Å². The van der Waals surface area contributed by atoms with Gasteiger partial charge in [0.15, 0.2) is 0 Å². The van der Waals surface area contributed by atoms with E-state index in [1.807, 2.05) is 0 Å². The molecule has 5 heteroatoms. The smallest absolute Gasteiger partial charge is 0.0430 e. The first kappa shape index (κ1) is 33.2. The molecule has 0 heterocycles. The molecule has 0 rings (SSSR count). The molecule has 0 aliphatic carbocycles. The maximum absolute atomic E-state index is 8.07. The van der Waals surface area contributed by atoms with Crippen LogP contribution in [0.25, 0.3) is 0 Å². The minimum atomic E-state index is 0. The summed E-state index contributed by atoms with van der Waals surface area (Å²) in [6.07, 6.45) is 8.15. The minimum absolute atomic E-state index is 0. The zero-order chi connectivity index (χ0) is 16.5. The van der Waals surface area contributed by atoms with Crippen LogP contribution < -0.4 is 0 Å². The molecule has 0 radical (unpaired) electrons. The Morgan fingerprint density at radius 1 is 0.429 bits per heavy atom. The van der Waals surface area contributed by atoms with Crippen LogP contribution >= 0.6 is 0 Å². The Balaban J connectivity index is -0.0000000533. The molecule has 0 aliphatic heterocycles. The van der Waals surface area contributed by atoms with Gasteiger partial charge in [0.2, 0.25) is 0 Å². The molecule has 0 saturated carbocycles. The molecular weight excluding hydrogens is 440 g/mol. The van der Waals surface area contributed by atoms with Gasteiger partial charge in [-0.2, -0.15) is 0 Å². The number of aliphatic hydroxyl groups is 4. The van der Waals surface area contributed by atoms with Gasteiger partial charge >= 0.3 is 0 Å². The summed E-state index contributed by atoms with van der Waals surface area (Å²) in [6, 6.07) is 0. The molecule has 0 spiro atoms. The fourth-order valence-electron chi connectivity index (χ4n) is 0.632. The molecule has 0 fully saturated rings. The number of unbranched alkanes of at least 4 members (excludes halogenated alkanes) is 4. The summed E-state index contributed by atoms with van der Waals surface area (Å²) in [5.74, 6) is 0. The van der Waals surface area contributed by atoms with Crippen molar-refractivity contribution in [1.82, 2.24) is 0 Å². The second kappa shape index (κ2) is 49.9. The molecular formula is C16H40O4W. The summed E-state index contributed by atoms with van der Waals surface area (Å²) < 4.78 is 0. The van der Waals surface area contributed by atoms with Crippen molar-refractivity contribution >= 4 is 0 Å². The summed E-state index contributed by atoms with van der Waals surface area (Å²) in [7, 11) is 0. The average Bonchev–Trinajstić information content (AvgIpc) is 2.44. The Morgan fingerprint density at radius 3 is 0.571 bits per heavy atom. The third kappa shape index (κ3) is 96.9. The first-order valence-electron chi connectivity index (χ1n) is 8.09. The Labute approximate surface area is 147 Å². The predicted molar refractivity (Wildman–Crippen MR) is 88.0 cm³/mol. The van der Waals surface area contributed by atoms with Crippen molar-refractivity contribution in [2.75, 3.05) is 26.4 Å². The van der Waals surface area contributed by atoms with Crippen LogP contribution in [0, 0.1) is 0 Å². The zero-order valence-corrected chi connectivity index (χ0v) is 17.6. The average molecular weight is 480 g/mol. The van der Waals surface area contributed by atoms with Crippen molar-refractivity contribution < 1.29 is 41.5 Å². The van der Waals surface area contributed by atoms with Crippen molar-refractivity contribution in [3.8, 4) is 0 Å². The second-order valence-corrected chi connectivity index (χ2v) is 4.31. The Morgan fingerprint density at radius 2 is 0.571 bits per heavy atom. The van der Waals surface area contributed by atoms with Crippen LogP contribution in [0.2, 0.25) is 0 Å². The van der Waals surface area contributed by atoms with E-state index in [0.717, 1.165) is 51.4 Å². The van der Waals surface area contributed by atoms with E-state index in [0.29, 0.717) is 26.4 Å². The summed E-state index contributed by atoms with van der Waals surface area (Å²) >= 11 is 0. The molecule has 4 N–H and O–H groups in total.